The number of carbonyl (C=O) groups is 1. The van der Waals surface area contributed by atoms with E-state index in [4.69, 9.17) is 5.11 Å². The molecule has 0 aromatic carbocycles. The van der Waals surface area contributed by atoms with Crippen LogP contribution in [0.25, 0.3) is 0 Å². The van der Waals surface area contributed by atoms with Gasteiger partial charge in [0.1, 0.15) is 5.82 Å². The molecule has 0 spiro atoms. The van der Waals surface area contributed by atoms with Crippen molar-refractivity contribution < 1.29 is 9.90 Å². The van der Waals surface area contributed by atoms with Gasteiger partial charge in [-0.2, -0.15) is 0 Å². The highest BCUT2D eigenvalue weighted by molar-refractivity contribution is 5.93. The van der Waals surface area contributed by atoms with Gasteiger partial charge in [0.2, 0.25) is 0 Å². The first-order chi connectivity index (χ1) is 8.54. The topological polar surface area (TPSA) is 65.5 Å². The van der Waals surface area contributed by atoms with Gasteiger partial charge >= 0.3 is 0 Å². The van der Waals surface area contributed by atoms with Crippen LogP contribution in [0.4, 0.5) is 5.82 Å². The zero-order valence-electron chi connectivity index (χ0n) is 11.2. The second-order valence-electron chi connectivity index (χ2n) is 4.54. The van der Waals surface area contributed by atoms with Crippen molar-refractivity contribution in [2.75, 3.05) is 26.0 Å². The molecule has 0 saturated heterocycles. The van der Waals surface area contributed by atoms with Crippen LogP contribution in [-0.2, 0) is 0 Å². The number of nitrogens with zero attached hydrogens (tertiary/aromatic N) is 2. The largest absolute Gasteiger partial charge is 0.396 e. The van der Waals surface area contributed by atoms with Gasteiger partial charge in [-0.1, -0.05) is 0 Å². The molecule has 0 saturated carbocycles. The fourth-order valence-corrected chi connectivity index (χ4v) is 1.59. The summed E-state index contributed by atoms with van der Waals surface area (Å²) in [4.78, 5) is 17.4. The molecule has 1 atom stereocenters. The van der Waals surface area contributed by atoms with Gasteiger partial charge in [-0.3, -0.25) is 4.79 Å². The number of amides is 1. The van der Waals surface area contributed by atoms with Crippen LogP contribution >= 0.6 is 0 Å². The Kier molecular flexibility index (Phi) is 5.58. The molecule has 18 heavy (non-hydrogen) atoms. The summed E-state index contributed by atoms with van der Waals surface area (Å²) in [5, 5.41) is 12.0. The Balaban J connectivity index is 2.57. The standard InChI is InChI=1S/C13H21N3O2/c1-10(5-4-8-17)15-12-7-6-11(9-14-12)13(18)16(2)3/h6-7,9-10,17H,4-5,8H2,1-3H3,(H,14,15). The Morgan fingerprint density at radius 2 is 2.22 bits per heavy atom. The van der Waals surface area contributed by atoms with E-state index < -0.39 is 0 Å². The number of anilines is 1. The van der Waals surface area contributed by atoms with Crippen molar-refractivity contribution in [2.24, 2.45) is 0 Å². The van der Waals surface area contributed by atoms with E-state index in [1.54, 1.807) is 32.4 Å². The first-order valence-electron chi connectivity index (χ1n) is 6.09. The maximum absolute atomic E-state index is 11.7. The monoisotopic (exact) mass is 251 g/mol. The zero-order valence-corrected chi connectivity index (χ0v) is 11.2. The predicted molar refractivity (Wildman–Crippen MR) is 71.7 cm³/mol. The molecule has 0 aliphatic rings. The lowest BCUT2D eigenvalue weighted by Gasteiger charge is -2.14. The third-order valence-electron chi connectivity index (χ3n) is 2.61. The molecule has 1 unspecified atom stereocenters. The summed E-state index contributed by atoms with van der Waals surface area (Å²) in [6.07, 6.45) is 3.23. The summed E-state index contributed by atoms with van der Waals surface area (Å²) in [5.41, 5.74) is 0.577. The molecular weight excluding hydrogens is 230 g/mol. The van der Waals surface area contributed by atoms with E-state index in [1.165, 1.54) is 4.90 Å². The molecule has 5 nitrogen and oxygen atoms in total. The minimum Gasteiger partial charge on any atom is -0.396 e. The van der Waals surface area contributed by atoms with E-state index in [0.29, 0.717) is 5.56 Å². The number of aliphatic hydroxyl groups is 1. The lowest BCUT2D eigenvalue weighted by molar-refractivity contribution is 0.0827. The number of hydrogen-bond acceptors (Lipinski definition) is 4. The first kappa shape index (κ1) is 14.4. The smallest absolute Gasteiger partial charge is 0.254 e. The molecule has 1 heterocycles. The molecule has 1 rings (SSSR count). The van der Waals surface area contributed by atoms with Crippen LogP contribution in [0, 0.1) is 0 Å². The number of hydrogen-bond donors (Lipinski definition) is 2. The van der Waals surface area contributed by atoms with Crippen molar-refractivity contribution in [2.45, 2.75) is 25.8 Å². The summed E-state index contributed by atoms with van der Waals surface area (Å²) >= 11 is 0. The SMILES string of the molecule is CC(CCCO)Nc1ccc(C(=O)N(C)C)cn1. The van der Waals surface area contributed by atoms with Crippen LogP contribution in [-0.4, -0.2) is 47.6 Å². The van der Waals surface area contributed by atoms with Crippen molar-refractivity contribution in [3.63, 3.8) is 0 Å². The number of carbonyl (C=O) groups excluding carboxylic acids is 1. The number of pyridine rings is 1. The maximum Gasteiger partial charge on any atom is 0.254 e. The summed E-state index contributed by atoms with van der Waals surface area (Å²) in [5.74, 6) is 0.693. The molecule has 0 radical (unpaired) electrons. The Labute approximate surface area is 108 Å². The molecule has 5 heteroatoms. The van der Waals surface area contributed by atoms with E-state index in [1.807, 2.05) is 6.92 Å². The van der Waals surface area contributed by atoms with Crippen molar-refractivity contribution in [3.8, 4) is 0 Å². The zero-order chi connectivity index (χ0) is 13.5. The van der Waals surface area contributed by atoms with Gasteiger partial charge < -0.3 is 15.3 Å². The summed E-state index contributed by atoms with van der Waals surface area (Å²) in [6.45, 7) is 2.24. The Morgan fingerprint density at radius 3 is 2.72 bits per heavy atom. The van der Waals surface area contributed by atoms with Crippen LogP contribution in [0.15, 0.2) is 18.3 Å². The third kappa shape index (κ3) is 4.33. The molecule has 2 N–H and O–H groups in total. The Morgan fingerprint density at radius 1 is 1.50 bits per heavy atom. The van der Waals surface area contributed by atoms with E-state index in [2.05, 4.69) is 10.3 Å². The molecule has 0 fully saturated rings. The maximum atomic E-state index is 11.7. The lowest BCUT2D eigenvalue weighted by Crippen LogP contribution is -2.22. The number of nitrogens with one attached hydrogen (secondary N) is 1. The highest BCUT2D eigenvalue weighted by Gasteiger charge is 2.08. The van der Waals surface area contributed by atoms with E-state index >= 15 is 0 Å². The molecule has 0 aliphatic heterocycles. The summed E-state index contributed by atoms with van der Waals surface area (Å²) in [7, 11) is 3.43. The molecule has 1 amide bonds. The first-order valence-corrected chi connectivity index (χ1v) is 6.09. The summed E-state index contributed by atoms with van der Waals surface area (Å²) in [6, 6.07) is 3.81. The van der Waals surface area contributed by atoms with Crippen molar-refractivity contribution in [1.82, 2.24) is 9.88 Å². The van der Waals surface area contributed by atoms with Crippen LogP contribution in [0.5, 0.6) is 0 Å². The Hall–Kier alpha value is -1.62. The molecule has 0 aliphatic carbocycles. The summed E-state index contributed by atoms with van der Waals surface area (Å²) < 4.78 is 0. The fourth-order valence-electron chi connectivity index (χ4n) is 1.59. The van der Waals surface area contributed by atoms with Gasteiger partial charge in [0, 0.05) is 32.9 Å². The van der Waals surface area contributed by atoms with Crippen molar-refractivity contribution >= 4 is 11.7 Å². The second-order valence-corrected chi connectivity index (χ2v) is 4.54. The van der Waals surface area contributed by atoms with Gasteiger partial charge in [-0.25, -0.2) is 4.98 Å². The number of rotatable bonds is 6. The number of aliphatic hydroxyl groups excluding tert-OH is 1. The van der Waals surface area contributed by atoms with Crippen LogP contribution in [0.3, 0.4) is 0 Å². The van der Waals surface area contributed by atoms with Crippen LogP contribution in [0.1, 0.15) is 30.1 Å². The normalized spacial score (nSPS) is 12.0. The van der Waals surface area contributed by atoms with Gasteiger partial charge in [0.25, 0.3) is 5.91 Å². The van der Waals surface area contributed by atoms with E-state index in [-0.39, 0.29) is 18.6 Å². The lowest BCUT2D eigenvalue weighted by atomic mass is 10.2. The van der Waals surface area contributed by atoms with Crippen LogP contribution in [0.2, 0.25) is 0 Å². The second kappa shape index (κ2) is 6.96. The van der Waals surface area contributed by atoms with Gasteiger partial charge in [0.15, 0.2) is 0 Å². The molecule has 100 valence electrons. The fraction of sp³-hybridized carbons (Fsp3) is 0.538. The average Bonchev–Trinajstić information content (AvgIpc) is 2.36. The quantitative estimate of drug-likeness (QED) is 0.801. The highest BCUT2D eigenvalue weighted by atomic mass is 16.2. The van der Waals surface area contributed by atoms with Gasteiger partial charge in [-0.15, -0.1) is 0 Å². The molecule has 1 aromatic rings. The molecule has 0 bridgehead atoms. The third-order valence-corrected chi connectivity index (χ3v) is 2.61. The van der Waals surface area contributed by atoms with E-state index in [0.717, 1.165) is 18.7 Å². The van der Waals surface area contributed by atoms with Gasteiger partial charge in [-0.05, 0) is 31.9 Å². The number of aromatic nitrogens is 1. The minimum absolute atomic E-state index is 0.0534. The Bertz CT molecular complexity index is 376. The predicted octanol–water partition coefficient (Wildman–Crippen LogP) is 1.36. The minimum atomic E-state index is -0.0534. The van der Waals surface area contributed by atoms with Gasteiger partial charge in [0.05, 0.1) is 5.56 Å². The van der Waals surface area contributed by atoms with E-state index in [9.17, 15) is 4.79 Å². The van der Waals surface area contributed by atoms with Crippen LogP contribution < -0.4 is 5.32 Å². The van der Waals surface area contributed by atoms with Crippen molar-refractivity contribution in [3.05, 3.63) is 23.9 Å². The molecular formula is C13H21N3O2. The average molecular weight is 251 g/mol. The molecule has 1 aromatic heterocycles. The van der Waals surface area contributed by atoms with Crippen molar-refractivity contribution in [1.29, 1.82) is 0 Å². The highest BCUT2D eigenvalue weighted by Crippen LogP contribution is 2.09.